The smallest absolute Gasteiger partial charge is 0.231 e. The molecule has 2 aromatic rings. The molecular weight excluding hydrogens is 389 g/mol. The zero-order valence-electron chi connectivity index (χ0n) is 16.2. The monoisotopic (exact) mass is 413 g/mol. The van der Waals surface area contributed by atoms with Crippen molar-refractivity contribution >= 4 is 22.5 Å². The van der Waals surface area contributed by atoms with Crippen LogP contribution in [0.1, 0.15) is 49.8 Å². The molecule has 4 bridgehead atoms. The standard InChI is InChI=1S/C22H24FN3O2S/c23-16-1-3-17(4-2-16)26-20(18-11-29(28)12-19(18)25-26)24-21(27)22-8-13-5-14(9-22)7-15(6-13)10-22/h1-4,13-15H,5-12H2,(H,24,27)/t13?,14?,15?,22?,29-/m0/s1. The van der Waals surface area contributed by atoms with Gasteiger partial charge in [0.15, 0.2) is 0 Å². The van der Waals surface area contributed by atoms with Gasteiger partial charge in [0, 0.05) is 16.4 Å². The Bertz CT molecular complexity index is 994. The van der Waals surface area contributed by atoms with Crippen LogP contribution in [0.15, 0.2) is 24.3 Å². The van der Waals surface area contributed by atoms with E-state index in [1.807, 2.05) is 0 Å². The fourth-order valence-corrected chi connectivity index (χ4v) is 7.92. The van der Waals surface area contributed by atoms with Crippen LogP contribution >= 0.6 is 0 Å². The van der Waals surface area contributed by atoms with Gasteiger partial charge in [-0.3, -0.25) is 9.00 Å². The molecule has 152 valence electrons. The van der Waals surface area contributed by atoms with Crippen LogP contribution in [0.3, 0.4) is 0 Å². The van der Waals surface area contributed by atoms with Crippen LogP contribution in [-0.2, 0) is 27.1 Å². The zero-order valence-corrected chi connectivity index (χ0v) is 17.0. The largest absolute Gasteiger partial charge is 0.310 e. The van der Waals surface area contributed by atoms with Crippen LogP contribution in [0, 0.1) is 29.0 Å². The summed E-state index contributed by atoms with van der Waals surface area (Å²) in [6.07, 6.45) is 6.83. The van der Waals surface area contributed by atoms with Crippen LogP contribution in [0.5, 0.6) is 0 Å². The van der Waals surface area contributed by atoms with Crippen LogP contribution in [0.25, 0.3) is 5.69 Å². The summed E-state index contributed by atoms with van der Waals surface area (Å²) >= 11 is 0. The van der Waals surface area contributed by atoms with Gasteiger partial charge in [-0.05, 0) is 80.5 Å². The second-order valence-electron chi connectivity index (χ2n) is 9.54. The number of nitrogens with one attached hydrogen (secondary N) is 1. The highest BCUT2D eigenvalue weighted by molar-refractivity contribution is 7.83. The highest BCUT2D eigenvalue weighted by Crippen LogP contribution is 2.60. The van der Waals surface area contributed by atoms with E-state index in [9.17, 15) is 13.4 Å². The van der Waals surface area contributed by atoms with Gasteiger partial charge < -0.3 is 5.32 Å². The van der Waals surface area contributed by atoms with E-state index in [-0.39, 0.29) is 17.1 Å². The number of nitrogens with zero attached hydrogens (tertiary/aromatic N) is 2. The number of rotatable bonds is 3. The molecule has 2 heterocycles. The lowest BCUT2D eigenvalue weighted by molar-refractivity contribution is -0.140. The number of carbonyl (C=O) groups is 1. The number of amides is 1. The minimum atomic E-state index is -0.979. The number of anilines is 1. The van der Waals surface area contributed by atoms with Crippen molar-refractivity contribution in [1.82, 2.24) is 9.78 Å². The highest BCUT2D eigenvalue weighted by atomic mass is 32.2. The number of halogens is 1. The molecule has 0 unspecified atom stereocenters. The summed E-state index contributed by atoms with van der Waals surface area (Å²) in [6, 6.07) is 6.11. The lowest BCUT2D eigenvalue weighted by Gasteiger charge is -2.55. The molecule has 4 fully saturated rings. The molecule has 1 N–H and O–H groups in total. The van der Waals surface area contributed by atoms with Crippen LogP contribution in [0.4, 0.5) is 10.2 Å². The highest BCUT2D eigenvalue weighted by Gasteiger charge is 2.54. The van der Waals surface area contributed by atoms with Gasteiger partial charge in [-0.2, -0.15) is 5.10 Å². The minimum absolute atomic E-state index is 0.0975. The van der Waals surface area contributed by atoms with E-state index in [0.717, 1.165) is 30.5 Å². The molecule has 5 aliphatic rings. The Kier molecular flexibility index (Phi) is 3.83. The molecule has 0 radical (unpaired) electrons. The van der Waals surface area contributed by atoms with Gasteiger partial charge in [0.05, 0.1) is 28.3 Å². The van der Waals surface area contributed by atoms with Crippen LogP contribution in [-0.4, -0.2) is 19.9 Å². The first-order valence-corrected chi connectivity index (χ1v) is 12.0. The summed E-state index contributed by atoms with van der Waals surface area (Å²) in [5.41, 5.74) is 2.07. The molecule has 1 aromatic heterocycles. The summed E-state index contributed by atoms with van der Waals surface area (Å²) in [4.78, 5) is 13.6. The van der Waals surface area contributed by atoms with Crippen molar-refractivity contribution in [3.63, 3.8) is 0 Å². The fourth-order valence-electron chi connectivity index (χ4n) is 6.65. The molecule has 1 atom stereocenters. The maximum atomic E-state index is 13.6. The quantitative estimate of drug-likeness (QED) is 0.829. The molecule has 7 rings (SSSR count). The van der Waals surface area contributed by atoms with E-state index in [1.165, 1.54) is 31.4 Å². The maximum Gasteiger partial charge on any atom is 0.231 e. The molecule has 29 heavy (non-hydrogen) atoms. The van der Waals surface area contributed by atoms with E-state index in [0.29, 0.717) is 40.8 Å². The number of hydrogen-bond acceptors (Lipinski definition) is 3. The molecular formula is C22H24FN3O2S. The average Bonchev–Trinajstić information content (AvgIpc) is 3.18. The third-order valence-electron chi connectivity index (χ3n) is 7.49. The Labute approximate surface area is 171 Å². The van der Waals surface area contributed by atoms with Crippen LogP contribution < -0.4 is 5.32 Å². The molecule has 1 aliphatic heterocycles. The SMILES string of the molecule is O=C(Nc1c2c(nn1-c1ccc(F)cc1)C[S@@](=O)C2)C12CC3CC(CC(C3)C1)C2. The summed E-state index contributed by atoms with van der Waals surface area (Å²) in [5, 5.41) is 7.84. The van der Waals surface area contributed by atoms with Crippen molar-refractivity contribution in [2.24, 2.45) is 23.2 Å². The predicted octanol–water partition coefficient (Wildman–Crippen LogP) is 3.93. The summed E-state index contributed by atoms with van der Waals surface area (Å²) in [5.74, 6) is 3.29. The third-order valence-corrected chi connectivity index (χ3v) is 8.70. The zero-order chi connectivity index (χ0) is 19.8. The number of hydrogen-bond donors (Lipinski definition) is 1. The van der Waals surface area contributed by atoms with Gasteiger partial charge in [0.1, 0.15) is 11.6 Å². The summed E-state index contributed by atoms with van der Waals surface area (Å²) in [7, 11) is -0.979. The van der Waals surface area contributed by atoms with E-state index in [1.54, 1.807) is 16.8 Å². The summed E-state index contributed by atoms with van der Waals surface area (Å²) < 4.78 is 27.2. The molecule has 1 aromatic carbocycles. The van der Waals surface area contributed by atoms with E-state index < -0.39 is 10.8 Å². The number of fused-ring (bicyclic) bond motifs is 1. The number of benzene rings is 1. The van der Waals surface area contributed by atoms with Gasteiger partial charge in [-0.15, -0.1) is 0 Å². The van der Waals surface area contributed by atoms with Crippen molar-refractivity contribution in [2.45, 2.75) is 50.0 Å². The van der Waals surface area contributed by atoms with E-state index in [2.05, 4.69) is 10.4 Å². The number of aromatic nitrogens is 2. The van der Waals surface area contributed by atoms with Crippen molar-refractivity contribution in [1.29, 1.82) is 0 Å². The third kappa shape index (κ3) is 2.80. The molecule has 0 saturated heterocycles. The number of carbonyl (C=O) groups excluding carboxylic acids is 1. The molecule has 4 saturated carbocycles. The Morgan fingerprint density at radius 1 is 1.07 bits per heavy atom. The molecule has 0 spiro atoms. The van der Waals surface area contributed by atoms with Crippen LogP contribution in [0.2, 0.25) is 0 Å². The molecule has 1 amide bonds. The fraction of sp³-hybridized carbons (Fsp3) is 0.545. The Balaban J connectivity index is 1.37. The first-order chi connectivity index (χ1) is 14.0. The molecule has 5 nitrogen and oxygen atoms in total. The minimum Gasteiger partial charge on any atom is -0.310 e. The van der Waals surface area contributed by atoms with Gasteiger partial charge >= 0.3 is 0 Å². The van der Waals surface area contributed by atoms with Crippen molar-refractivity contribution < 1.29 is 13.4 Å². The molecule has 7 heteroatoms. The second kappa shape index (κ2) is 6.24. The second-order valence-corrected chi connectivity index (χ2v) is 11.0. The normalized spacial score (nSPS) is 34.4. The predicted molar refractivity (Wildman–Crippen MR) is 108 cm³/mol. The van der Waals surface area contributed by atoms with Gasteiger partial charge in [-0.25, -0.2) is 9.07 Å². The lowest BCUT2D eigenvalue weighted by atomic mass is 9.49. The van der Waals surface area contributed by atoms with Crippen molar-refractivity contribution in [3.8, 4) is 5.69 Å². The van der Waals surface area contributed by atoms with Gasteiger partial charge in [0.2, 0.25) is 5.91 Å². The average molecular weight is 414 g/mol. The maximum absolute atomic E-state index is 13.6. The first kappa shape index (κ1) is 17.8. The lowest BCUT2D eigenvalue weighted by Crippen LogP contribution is -2.52. The van der Waals surface area contributed by atoms with Gasteiger partial charge in [-0.1, -0.05) is 0 Å². The van der Waals surface area contributed by atoms with Crippen molar-refractivity contribution in [2.75, 3.05) is 5.32 Å². The van der Waals surface area contributed by atoms with Crippen molar-refractivity contribution in [3.05, 3.63) is 41.3 Å². The Morgan fingerprint density at radius 3 is 2.31 bits per heavy atom. The van der Waals surface area contributed by atoms with Gasteiger partial charge in [0.25, 0.3) is 0 Å². The summed E-state index contributed by atoms with van der Waals surface area (Å²) in [6.45, 7) is 0. The topological polar surface area (TPSA) is 64.0 Å². The van der Waals surface area contributed by atoms with E-state index in [4.69, 9.17) is 0 Å². The first-order valence-electron chi connectivity index (χ1n) is 10.5. The Morgan fingerprint density at radius 2 is 1.69 bits per heavy atom. The molecule has 4 aliphatic carbocycles. The van der Waals surface area contributed by atoms with E-state index >= 15 is 0 Å². The Hall–Kier alpha value is -2.02.